The molecule has 1 heterocycles. The van der Waals surface area contributed by atoms with Crippen molar-refractivity contribution >= 4 is 11.6 Å². The Morgan fingerprint density at radius 3 is 2.36 bits per heavy atom. The van der Waals surface area contributed by atoms with Gasteiger partial charge in [0.25, 0.3) is 0 Å². The molecule has 0 bridgehead atoms. The van der Waals surface area contributed by atoms with Gasteiger partial charge < -0.3 is 25.0 Å². The second-order valence-corrected chi connectivity index (χ2v) is 5.91. The van der Waals surface area contributed by atoms with Crippen LogP contribution in [0.2, 0.25) is 0 Å². The largest absolute Gasteiger partial charge is 0.493 e. The molecule has 0 aliphatic carbocycles. The highest BCUT2D eigenvalue weighted by molar-refractivity contribution is 5.48. The molecule has 0 amide bonds. The lowest BCUT2D eigenvalue weighted by Crippen LogP contribution is -2.16. The smallest absolute Gasteiger partial charge is 0.161 e. The highest BCUT2D eigenvalue weighted by Gasteiger charge is 2.05. The minimum absolute atomic E-state index is 0.636. The van der Waals surface area contributed by atoms with Crippen molar-refractivity contribution in [2.24, 2.45) is 0 Å². The molecule has 2 rings (SSSR count). The minimum atomic E-state index is 0.636. The van der Waals surface area contributed by atoms with E-state index in [1.54, 1.807) is 20.5 Å². The molecule has 7 nitrogen and oxygen atoms in total. The summed E-state index contributed by atoms with van der Waals surface area (Å²) in [5.41, 5.74) is 1.08. The normalized spacial score (nSPS) is 10.6. The molecular weight excluding hydrogens is 318 g/mol. The first-order valence-corrected chi connectivity index (χ1v) is 8.28. The molecule has 0 fully saturated rings. The van der Waals surface area contributed by atoms with Crippen LogP contribution in [0, 0.1) is 0 Å². The Bertz CT molecular complexity index is 664. The lowest BCUT2D eigenvalue weighted by molar-refractivity contribution is 0.354. The number of methoxy groups -OCH3 is 2. The molecule has 1 aromatic heterocycles. The fourth-order valence-electron chi connectivity index (χ4n) is 2.35. The average molecular weight is 345 g/mol. The van der Waals surface area contributed by atoms with Crippen LogP contribution in [-0.4, -0.2) is 56.3 Å². The second-order valence-electron chi connectivity index (χ2n) is 5.91. The Morgan fingerprint density at radius 1 is 0.960 bits per heavy atom. The summed E-state index contributed by atoms with van der Waals surface area (Å²) in [7, 11) is 7.40. The van der Waals surface area contributed by atoms with Crippen molar-refractivity contribution in [2.75, 3.05) is 52.0 Å². The van der Waals surface area contributed by atoms with Gasteiger partial charge in [-0.15, -0.1) is 0 Å². The topological polar surface area (TPSA) is 71.5 Å². The van der Waals surface area contributed by atoms with Crippen molar-refractivity contribution < 1.29 is 9.47 Å². The van der Waals surface area contributed by atoms with E-state index in [1.807, 2.05) is 24.3 Å². The molecule has 2 N–H and O–H groups in total. The van der Waals surface area contributed by atoms with E-state index in [9.17, 15) is 0 Å². The molecule has 0 spiro atoms. The van der Waals surface area contributed by atoms with Gasteiger partial charge in [-0.05, 0) is 44.8 Å². The van der Waals surface area contributed by atoms with Gasteiger partial charge >= 0.3 is 0 Å². The first-order valence-electron chi connectivity index (χ1n) is 8.28. The number of nitrogens with one attached hydrogen (secondary N) is 2. The number of aromatic nitrogens is 2. The molecule has 0 saturated carbocycles. The summed E-state index contributed by atoms with van der Waals surface area (Å²) < 4.78 is 10.6. The molecule has 2 aromatic rings. The number of hydrogen-bond acceptors (Lipinski definition) is 7. The summed E-state index contributed by atoms with van der Waals surface area (Å²) in [6.07, 6.45) is 2.62. The molecule has 136 valence electrons. The fourth-order valence-corrected chi connectivity index (χ4v) is 2.35. The van der Waals surface area contributed by atoms with E-state index in [0.29, 0.717) is 12.3 Å². The SMILES string of the molecule is COc1ccc(CNc2cc(NCCCN(C)C)ncn2)cc1OC. The number of rotatable bonds is 10. The second kappa shape index (κ2) is 9.68. The van der Waals surface area contributed by atoms with Crippen LogP contribution in [-0.2, 0) is 6.54 Å². The quantitative estimate of drug-likeness (QED) is 0.641. The maximum absolute atomic E-state index is 5.33. The van der Waals surface area contributed by atoms with Gasteiger partial charge in [-0.1, -0.05) is 6.07 Å². The van der Waals surface area contributed by atoms with Crippen molar-refractivity contribution in [3.8, 4) is 11.5 Å². The van der Waals surface area contributed by atoms with Gasteiger partial charge in [-0.25, -0.2) is 9.97 Å². The van der Waals surface area contributed by atoms with Gasteiger partial charge in [-0.2, -0.15) is 0 Å². The number of hydrogen-bond donors (Lipinski definition) is 2. The molecule has 0 radical (unpaired) electrons. The van der Waals surface area contributed by atoms with Crippen molar-refractivity contribution in [1.29, 1.82) is 0 Å². The van der Waals surface area contributed by atoms with Gasteiger partial charge in [0.1, 0.15) is 18.0 Å². The molecule has 25 heavy (non-hydrogen) atoms. The van der Waals surface area contributed by atoms with Crippen LogP contribution in [0.25, 0.3) is 0 Å². The van der Waals surface area contributed by atoms with Gasteiger partial charge in [-0.3, -0.25) is 0 Å². The van der Waals surface area contributed by atoms with Gasteiger partial charge in [0.2, 0.25) is 0 Å². The predicted octanol–water partition coefficient (Wildman–Crippen LogP) is 2.47. The highest BCUT2D eigenvalue weighted by Crippen LogP contribution is 2.27. The van der Waals surface area contributed by atoms with Crippen molar-refractivity contribution in [2.45, 2.75) is 13.0 Å². The van der Waals surface area contributed by atoms with Gasteiger partial charge in [0, 0.05) is 19.2 Å². The Balaban J connectivity index is 1.89. The number of nitrogens with zero attached hydrogens (tertiary/aromatic N) is 3. The van der Waals surface area contributed by atoms with E-state index in [4.69, 9.17) is 9.47 Å². The van der Waals surface area contributed by atoms with Crippen molar-refractivity contribution in [3.05, 3.63) is 36.2 Å². The molecule has 0 unspecified atom stereocenters. The zero-order valence-electron chi connectivity index (χ0n) is 15.4. The first kappa shape index (κ1) is 18.8. The maximum atomic E-state index is 5.33. The zero-order chi connectivity index (χ0) is 18.1. The average Bonchev–Trinajstić information content (AvgIpc) is 2.63. The summed E-state index contributed by atoms with van der Waals surface area (Å²) in [4.78, 5) is 10.7. The Labute approximate surface area is 149 Å². The van der Waals surface area contributed by atoms with Gasteiger partial charge in [0.15, 0.2) is 11.5 Å². The van der Waals surface area contributed by atoms with E-state index < -0.39 is 0 Å². The highest BCUT2D eigenvalue weighted by atomic mass is 16.5. The van der Waals surface area contributed by atoms with E-state index in [2.05, 4.69) is 39.6 Å². The monoisotopic (exact) mass is 345 g/mol. The molecular formula is C18H27N5O2. The predicted molar refractivity (Wildman–Crippen MR) is 101 cm³/mol. The molecule has 0 atom stereocenters. The Hall–Kier alpha value is -2.54. The van der Waals surface area contributed by atoms with Crippen LogP contribution in [0.5, 0.6) is 11.5 Å². The molecule has 0 aliphatic heterocycles. The van der Waals surface area contributed by atoms with E-state index >= 15 is 0 Å². The number of benzene rings is 1. The molecule has 0 aliphatic rings. The summed E-state index contributed by atoms with van der Waals surface area (Å²) >= 11 is 0. The van der Waals surface area contributed by atoms with Crippen LogP contribution in [0.4, 0.5) is 11.6 Å². The first-order chi connectivity index (χ1) is 12.1. The van der Waals surface area contributed by atoms with Crippen LogP contribution in [0.1, 0.15) is 12.0 Å². The van der Waals surface area contributed by atoms with E-state index in [1.165, 1.54) is 0 Å². The molecule has 1 aromatic carbocycles. The summed E-state index contributed by atoms with van der Waals surface area (Å²) in [6, 6.07) is 7.76. The van der Waals surface area contributed by atoms with E-state index in [-0.39, 0.29) is 0 Å². The van der Waals surface area contributed by atoms with Gasteiger partial charge in [0.05, 0.1) is 14.2 Å². The summed E-state index contributed by atoms with van der Waals surface area (Å²) in [5.74, 6) is 3.04. The molecule has 0 saturated heterocycles. The summed E-state index contributed by atoms with van der Waals surface area (Å²) in [6.45, 7) is 2.56. The van der Waals surface area contributed by atoms with Crippen LogP contribution >= 0.6 is 0 Å². The third kappa shape index (κ3) is 6.11. The van der Waals surface area contributed by atoms with Crippen LogP contribution in [0.15, 0.2) is 30.6 Å². The van der Waals surface area contributed by atoms with Crippen LogP contribution < -0.4 is 20.1 Å². The lowest BCUT2D eigenvalue weighted by atomic mass is 10.2. The number of ether oxygens (including phenoxy) is 2. The van der Waals surface area contributed by atoms with E-state index in [0.717, 1.165) is 42.5 Å². The fraction of sp³-hybridized carbons (Fsp3) is 0.444. The van der Waals surface area contributed by atoms with Crippen molar-refractivity contribution in [3.63, 3.8) is 0 Å². The molecule has 7 heteroatoms. The van der Waals surface area contributed by atoms with Crippen LogP contribution in [0.3, 0.4) is 0 Å². The zero-order valence-corrected chi connectivity index (χ0v) is 15.4. The standard InChI is InChI=1S/C18H27N5O2/c1-23(2)9-5-8-19-17-11-18(22-13-21-17)20-12-14-6-7-15(24-3)16(10-14)25-4/h6-7,10-11,13H,5,8-9,12H2,1-4H3,(H2,19,20,21,22). The Morgan fingerprint density at radius 2 is 1.68 bits per heavy atom. The minimum Gasteiger partial charge on any atom is -0.493 e. The lowest BCUT2D eigenvalue weighted by Gasteiger charge is -2.12. The Kier molecular flexibility index (Phi) is 7.28. The third-order valence-corrected chi connectivity index (χ3v) is 3.68. The number of anilines is 2. The summed E-state index contributed by atoms with van der Waals surface area (Å²) in [5, 5.41) is 6.62. The van der Waals surface area contributed by atoms with Crippen molar-refractivity contribution in [1.82, 2.24) is 14.9 Å². The maximum Gasteiger partial charge on any atom is 0.161 e. The third-order valence-electron chi connectivity index (χ3n) is 3.68.